The van der Waals surface area contributed by atoms with Crippen molar-refractivity contribution in [3.05, 3.63) is 0 Å². The molecule has 2 aliphatic rings. The van der Waals surface area contributed by atoms with Gasteiger partial charge in [-0.1, -0.05) is 0 Å². The van der Waals surface area contributed by atoms with Gasteiger partial charge in [-0.05, 0) is 6.92 Å². The molecule has 0 aliphatic carbocycles. The van der Waals surface area contributed by atoms with Gasteiger partial charge < -0.3 is 15.0 Å². The van der Waals surface area contributed by atoms with Gasteiger partial charge >= 0.3 is 6.03 Å². The summed E-state index contributed by atoms with van der Waals surface area (Å²) >= 11 is 0. The smallest absolute Gasteiger partial charge is 0.317 e. The highest BCUT2D eigenvalue weighted by atomic mass is 16.5. The fourth-order valence-electron chi connectivity index (χ4n) is 1.70. The Morgan fingerprint density at radius 1 is 1.67 bits per heavy atom. The minimum Gasteiger partial charge on any atom is -0.371 e. The number of hydrogen-bond acceptors (Lipinski definition) is 2. The van der Waals surface area contributed by atoms with Gasteiger partial charge in [-0.25, -0.2) is 4.79 Å². The Kier molecular flexibility index (Phi) is 1.72. The molecule has 2 amide bonds. The molecule has 2 fully saturated rings. The summed E-state index contributed by atoms with van der Waals surface area (Å²) in [6.07, 6.45) is 1.11. The first-order chi connectivity index (χ1) is 5.76. The summed E-state index contributed by atoms with van der Waals surface area (Å²) in [4.78, 5) is 13.0. The van der Waals surface area contributed by atoms with E-state index >= 15 is 0 Å². The van der Waals surface area contributed by atoms with Gasteiger partial charge in [0.25, 0.3) is 0 Å². The quantitative estimate of drug-likeness (QED) is 0.610. The van der Waals surface area contributed by atoms with Crippen molar-refractivity contribution in [2.24, 2.45) is 0 Å². The number of urea groups is 1. The molecule has 0 aromatic carbocycles. The van der Waals surface area contributed by atoms with Gasteiger partial charge in [0.2, 0.25) is 0 Å². The van der Waals surface area contributed by atoms with Gasteiger partial charge in [-0.15, -0.1) is 0 Å². The number of carbonyl (C=O) groups is 1. The van der Waals surface area contributed by atoms with E-state index < -0.39 is 0 Å². The Bertz CT molecular complexity index is 193. The molecular formula is C8H14N2O2. The second kappa shape index (κ2) is 2.62. The van der Waals surface area contributed by atoms with Crippen LogP contribution in [0.25, 0.3) is 0 Å². The van der Waals surface area contributed by atoms with Crippen LogP contribution in [0.3, 0.4) is 0 Å². The van der Waals surface area contributed by atoms with E-state index in [1.54, 1.807) is 4.90 Å². The Balaban J connectivity index is 1.76. The van der Waals surface area contributed by atoms with E-state index in [1.807, 2.05) is 6.92 Å². The van der Waals surface area contributed by atoms with Crippen LogP contribution in [0.5, 0.6) is 0 Å². The molecule has 68 valence electrons. The van der Waals surface area contributed by atoms with Crippen LogP contribution < -0.4 is 5.32 Å². The van der Waals surface area contributed by atoms with Gasteiger partial charge in [0.15, 0.2) is 0 Å². The lowest BCUT2D eigenvalue weighted by atomic mass is 9.87. The van der Waals surface area contributed by atoms with Crippen LogP contribution in [-0.2, 0) is 4.74 Å². The Hall–Kier alpha value is -0.770. The number of ether oxygens (including phenoxy) is 1. The molecule has 4 heteroatoms. The monoisotopic (exact) mass is 170 g/mol. The molecule has 0 radical (unpaired) electrons. The van der Waals surface area contributed by atoms with Crippen molar-refractivity contribution in [1.82, 2.24) is 10.2 Å². The van der Waals surface area contributed by atoms with E-state index in [9.17, 15) is 4.79 Å². The van der Waals surface area contributed by atoms with Gasteiger partial charge in [-0.3, -0.25) is 0 Å². The highest BCUT2D eigenvalue weighted by molar-refractivity contribution is 5.75. The van der Waals surface area contributed by atoms with E-state index in [0.717, 1.165) is 26.1 Å². The predicted octanol–water partition coefficient (Wildman–Crippen LogP) is 0.191. The fraction of sp³-hybridized carbons (Fsp3) is 0.875. The summed E-state index contributed by atoms with van der Waals surface area (Å²) in [5, 5.41) is 2.76. The first kappa shape index (κ1) is 7.86. The minimum absolute atomic E-state index is 0.0404. The van der Waals surface area contributed by atoms with Crippen molar-refractivity contribution in [2.45, 2.75) is 18.9 Å². The number of carbonyl (C=O) groups excluding carboxylic acids is 1. The van der Waals surface area contributed by atoms with E-state index in [-0.39, 0.29) is 11.6 Å². The molecule has 0 bridgehead atoms. The summed E-state index contributed by atoms with van der Waals surface area (Å²) in [7, 11) is 0. The fourth-order valence-corrected chi connectivity index (χ4v) is 1.70. The van der Waals surface area contributed by atoms with Gasteiger partial charge in [0.1, 0.15) is 5.60 Å². The van der Waals surface area contributed by atoms with Crippen LogP contribution in [-0.4, -0.2) is 42.8 Å². The maximum atomic E-state index is 11.2. The molecule has 0 atom stereocenters. The Labute approximate surface area is 71.9 Å². The molecule has 0 aromatic heterocycles. The van der Waals surface area contributed by atoms with Gasteiger partial charge in [0, 0.05) is 13.0 Å². The lowest BCUT2D eigenvalue weighted by Crippen LogP contribution is -2.70. The number of hydrogen-bond donors (Lipinski definition) is 1. The summed E-state index contributed by atoms with van der Waals surface area (Å²) in [5.74, 6) is 0. The third kappa shape index (κ3) is 1.06. The molecule has 4 nitrogen and oxygen atoms in total. The van der Waals surface area contributed by atoms with Crippen LogP contribution in [0.1, 0.15) is 13.3 Å². The first-order valence-electron chi connectivity index (χ1n) is 4.42. The molecule has 1 N–H and O–H groups in total. The third-order valence-electron chi connectivity index (χ3n) is 2.54. The topological polar surface area (TPSA) is 41.6 Å². The van der Waals surface area contributed by atoms with E-state index in [0.29, 0.717) is 6.54 Å². The number of nitrogens with zero attached hydrogens (tertiary/aromatic N) is 1. The zero-order valence-corrected chi connectivity index (χ0v) is 7.30. The van der Waals surface area contributed by atoms with Gasteiger partial charge in [0.05, 0.1) is 19.7 Å². The van der Waals surface area contributed by atoms with Crippen LogP contribution in [0.4, 0.5) is 4.79 Å². The highest BCUT2D eigenvalue weighted by Gasteiger charge is 2.50. The Morgan fingerprint density at radius 2 is 2.33 bits per heavy atom. The molecule has 0 unspecified atom stereocenters. The number of amides is 2. The lowest BCUT2D eigenvalue weighted by Gasteiger charge is -2.54. The Morgan fingerprint density at radius 3 is 2.75 bits per heavy atom. The predicted molar refractivity (Wildman–Crippen MR) is 43.9 cm³/mol. The van der Waals surface area contributed by atoms with Crippen LogP contribution in [0.15, 0.2) is 0 Å². The summed E-state index contributed by atoms with van der Waals surface area (Å²) in [5.41, 5.74) is 0.0606. The minimum atomic E-state index is 0.0404. The standard InChI is InChI=1S/C8H14N2O2/c1-2-9-7(11)10-5-8(6-10)3-4-12-8/h2-6H2,1H3,(H,9,11). The van der Waals surface area contributed by atoms with E-state index in [1.165, 1.54) is 0 Å². The zero-order valence-electron chi connectivity index (χ0n) is 7.30. The second-order valence-electron chi connectivity index (χ2n) is 3.47. The van der Waals surface area contributed by atoms with Gasteiger partial charge in [-0.2, -0.15) is 0 Å². The van der Waals surface area contributed by atoms with Crippen molar-refractivity contribution >= 4 is 6.03 Å². The average Bonchev–Trinajstić information content (AvgIpc) is 1.81. The summed E-state index contributed by atoms with van der Waals surface area (Å²) in [6.45, 7) is 5.04. The second-order valence-corrected chi connectivity index (χ2v) is 3.47. The normalized spacial score (nSPS) is 24.6. The maximum absolute atomic E-state index is 11.2. The molecule has 0 aromatic rings. The zero-order chi connectivity index (χ0) is 8.60. The van der Waals surface area contributed by atoms with Crippen molar-refractivity contribution in [2.75, 3.05) is 26.2 Å². The number of rotatable bonds is 1. The van der Waals surface area contributed by atoms with E-state index in [4.69, 9.17) is 4.74 Å². The lowest BCUT2D eigenvalue weighted by molar-refractivity contribution is -0.208. The summed E-state index contributed by atoms with van der Waals surface area (Å²) < 4.78 is 5.39. The van der Waals surface area contributed by atoms with Crippen LogP contribution in [0.2, 0.25) is 0 Å². The van der Waals surface area contributed by atoms with Crippen LogP contribution >= 0.6 is 0 Å². The summed E-state index contributed by atoms with van der Waals surface area (Å²) in [6, 6.07) is 0.0404. The highest BCUT2D eigenvalue weighted by Crippen LogP contribution is 2.35. The number of likely N-dealkylation sites (tertiary alicyclic amines) is 1. The molecule has 2 heterocycles. The molecule has 1 spiro atoms. The van der Waals surface area contributed by atoms with Crippen molar-refractivity contribution in [3.8, 4) is 0 Å². The average molecular weight is 170 g/mol. The first-order valence-corrected chi connectivity index (χ1v) is 4.42. The molecule has 12 heavy (non-hydrogen) atoms. The van der Waals surface area contributed by atoms with Crippen molar-refractivity contribution in [3.63, 3.8) is 0 Å². The molecule has 0 saturated carbocycles. The SMILES string of the molecule is CCNC(=O)N1CC2(CCO2)C1. The number of nitrogens with one attached hydrogen (secondary N) is 1. The molecule has 2 aliphatic heterocycles. The van der Waals surface area contributed by atoms with Crippen LogP contribution in [0, 0.1) is 0 Å². The maximum Gasteiger partial charge on any atom is 0.317 e. The molecular weight excluding hydrogens is 156 g/mol. The largest absolute Gasteiger partial charge is 0.371 e. The van der Waals surface area contributed by atoms with E-state index in [2.05, 4.69) is 5.32 Å². The third-order valence-corrected chi connectivity index (χ3v) is 2.54. The molecule has 2 rings (SSSR count). The van der Waals surface area contributed by atoms with Crippen molar-refractivity contribution in [1.29, 1.82) is 0 Å². The molecule has 2 saturated heterocycles. The van der Waals surface area contributed by atoms with Crippen molar-refractivity contribution < 1.29 is 9.53 Å².